The van der Waals surface area contributed by atoms with Crippen LogP contribution in [0.3, 0.4) is 0 Å². The summed E-state index contributed by atoms with van der Waals surface area (Å²) in [5, 5.41) is 0. The summed E-state index contributed by atoms with van der Waals surface area (Å²) < 4.78 is 22.8. The Hall–Kier alpha value is -2.51. The van der Waals surface area contributed by atoms with Gasteiger partial charge in [-0.05, 0) is 12.1 Å². The molecule has 2 aromatic rings. The van der Waals surface area contributed by atoms with Gasteiger partial charge in [0.2, 0.25) is 6.10 Å². The van der Waals surface area contributed by atoms with Gasteiger partial charge in [-0.15, -0.1) is 0 Å². The molecule has 0 aromatic heterocycles. The van der Waals surface area contributed by atoms with Crippen molar-refractivity contribution in [1.82, 2.24) is 4.90 Å². The van der Waals surface area contributed by atoms with E-state index in [2.05, 4.69) is 0 Å². The van der Waals surface area contributed by atoms with Crippen molar-refractivity contribution in [2.24, 2.45) is 0 Å². The molecule has 1 fully saturated rings. The average molecular weight is 387 g/mol. The van der Waals surface area contributed by atoms with Gasteiger partial charge in [-0.25, -0.2) is 4.79 Å². The lowest BCUT2D eigenvalue weighted by atomic mass is 10.1. The number of hydrogen-bond acceptors (Lipinski definition) is 5. The van der Waals surface area contributed by atoms with E-state index in [1.54, 1.807) is 53.4 Å². The van der Waals surface area contributed by atoms with Crippen molar-refractivity contribution in [3.05, 3.63) is 65.7 Å². The van der Waals surface area contributed by atoms with Crippen LogP contribution in [0.25, 0.3) is 0 Å². The summed E-state index contributed by atoms with van der Waals surface area (Å²) in [7, 11) is -1.35. The number of carbonyl (C=O) groups is 2. The van der Waals surface area contributed by atoms with Crippen LogP contribution in [-0.2, 0) is 25.1 Å². The molecule has 0 radical (unpaired) electrons. The molecule has 1 aliphatic rings. The SMILES string of the molecule is C[S@@](=O)c1ccccc1C(=O)O[C@@H](C(=O)N1CCOCC1)c1ccccc1. The van der Waals surface area contributed by atoms with Crippen molar-refractivity contribution in [2.75, 3.05) is 32.6 Å². The van der Waals surface area contributed by atoms with Crippen molar-refractivity contribution in [2.45, 2.75) is 11.0 Å². The number of rotatable bonds is 5. The monoisotopic (exact) mass is 387 g/mol. The van der Waals surface area contributed by atoms with E-state index in [1.807, 2.05) is 6.07 Å². The van der Waals surface area contributed by atoms with Crippen molar-refractivity contribution in [3.63, 3.8) is 0 Å². The van der Waals surface area contributed by atoms with Gasteiger partial charge in [0, 0.05) is 24.9 Å². The molecule has 142 valence electrons. The highest BCUT2D eigenvalue weighted by Gasteiger charge is 2.31. The number of hydrogen-bond donors (Lipinski definition) is 0. The molecule has 0 unspecified atom stereocenters. The lowest BCUT2D eigenvalue weighted by molar-refractivity contribution is -0.145. The minimum absolute atomic E-state index is 0.203. The zero-order valence-electron chi connectivity index (χ0n) is 15.0. The maximum atomic E-state index is 13.0. The Balaban J connectivity index is 1.89. The largest absolute Gasteiger partial charge is 0.444 e. The maximum Gasteiger partial charge on any atom is 0.340 e. The van der Waals surface area contributed by atoms with E-state index in [-0.39, 0.29) is 11.5 Å². The molecule has 7 heteroatoms. The standard InChI is InChI=1S/C20H21NO5S/c1-27(24)17-10-6-5-9-16(17)20(23)26-18(15-7-3-2-4-8-15)19(22)21-11-13-25-14-12-21/h2-10,18H,11-14H2,1H3/t18-,27-/m1/s1. The zero-order valence-corrected chi connectivity index (χ0v) is 15.8. The van der Waals surface area contributed by atoms with E-state index in [0.29, 0.717) is 36.8 Å². The van der Waals surface area contributed by atoms with E-state index in [9.17, 15) is 13.8 Å². The fourth-order valence-corrected chi connectivity index (χ4v) is 3.63. The van der Waals surface area contributed by atoms with Gasteiger partial charge in [0.1, 0.15) is 0 Å². The highest BCUT2D eigenvalue weighted by Crippen LogP contribution is 2.24. The lowest BCUT2D eigenvalue weighted by Gasteiger charge is -2.30. The average Bonchev–Trinajstić information content (AvgIpc) is 2.72. The maximum absolute atomic E-state index is 13.0. The minimum Gasteiger partial charge on any atom is -0.444 e. The van der Waals surface area contributed by atoms with E-state index >= 15 is 0 Å². The van der Waals surface area contributed by atoms with Gasteiger partial charge < -0.3 is 14.4 Å². The molecule has 3 rings (SSSR count). The number of carbonyl (C=O) groups excluding carboxylic acids is 2. The molecule has 1 amide bonds. The predicted octanol–water partition coefficient (Wildman–Crippen LogP) is 2.18. The van der Waals surface area contributed by atoms with Gasteiger partial charge in [0.25, 0.3) is 5.91 Å². The molecule has 0 N–H and O–H groups in total. The van der Waals surface area contributed by atoms with E-state index in [4.69, 9.17) is 9.47 Å². The third kappa shape index (κ3) is 4.61. The second-order valence-corrected chi connectivity index (χ2v) is 7.43. The minimum atomic E-state index is -1.35. The molecule has 27 heavy (non-hydrogen) atoms. The summed E-state index contributed by atoms with van der Waals surface area (Å²) in [6, 6.07) is 15.5. The topological polar surface area (TPSA) is 72.9 Å². The first-order valence-corrected chi connectivity index (χ1v) is 10.2. The first-order valence-electron chi connectivity index (χ1n) is 8.63. The zero-order chi connectivity index (χ0) is 19.2. The normalized spacial score (nSPS) is 16.4. The Labute approximate surface area is 160 Å². The second-order valence-electron chi connectivity index (χ2n) is 6.08. The first-order chi connectivity index (χ1) is 13.1. The van der Waals surface area contributed by atoms with Crippen molar-refractivity contribution >= 4 is 22.7 Å². The summed E-state index contributed by atoms with van der Waals surface area (Å²) in [4.78, 5) is 27.8. The molecule has 1 aliphatic heterocycles. The predicted molar refractivity (Wildman–Crippen MR) is 101 cm³/mol. The lowest BCUT2D eigenvalue weighted by Crippen LogP contribution is -2.44. The number of benzene rings is 2. The first kappa shape index (κ1) is 19.3. The number of amides is 1. The molecule has 1 saturated heterocycles. The fraction of sp³-hybridized carbons (Fsp3) is 0.300. The summed E-state index contributed by atoms with van der Waals surface area (Å²) >= 11 is 0. The van der Waals surface area contributed by atoms with Gasteiger partial charge in [-0.3, -0.25) is 9.00 Å². The Morgan fingerprint density at radius 2 is 1.67 bits per heavy atom. The molecule has 0 bridgehead atoms. The van der Waals surface area contributed by atoms with E-state index in [0.717, 1.165) is 0 Å². The van der Waals surface area contributed by atoms with Crippen molar-refractivity contribution in [1.29, 1.82) is 0 Å². The van der Waals surface area contributed by atoms with Crippen molar-refractivity contribution in [3.8, 4) is 0 Å². The molecule has 2 atom stereocenters. The van der Waals surface area contributed by atoms with Gasteiger partial charge in [0.05, 0.1) is 34.5 Å². The number of nitrogens with zero attached hydrogens (tertiary/aromatic N) is 1. The third-order valence-corrected chi connectivity index (χ3v) is 5.27. The number of morpholine rings is 1. The van der Waals surface area contributed by atoms with Crippen LogP contribution in [-0.4, -0.2) is 53.5 Å². The molecule has 2 aromatic carbocycles. The third-order valence-electron chi connectivity index (χ3n) is 4.29. The second kappa shape index (κ2) is 8.92. The van der Waals surface area contributed by atoms with Crippen LogP contribution in [0.2, 0.25) is 0 Å². The molecular formula is C20H21NO5S. The molecule has 0 spiro atoms. The highest BCUT2D eigenvalue weighted by molar-refractivity contribution is 7.84. The molecule has 0 aliphatic carbocycles. The number of ether oxygens (including phenoxy) is 2. The summed E-state index contributed by atoms with van der Waals surface area (Å²) in [5.41, 5.74) is 0.798. The van der Waals surface area contributed by atoms with Crippen molar-refractivity contribution < 1.29 is 23.3 Å². The molecule has 0 saturated carbocycles. The molecular weight excluding hydrogens is 366 g/mol. The Kier molecular flexibility index (Phi) is 6.36. The summed E-state index contributed by atoms with van der Waals surface area (Å²) in [5.74, 6) is -0.954. The van der Waals surface area contributed by atoms with Crippen LogP contribution in [0, 0.1) is 0 Å². The van der Waals surface area contributed by atoms with Crippen LogP contribution in [0.5, 0.6) is 0 Å². The van der Waals surface area contributed by atoms with Gasteiger partial charge in [-0.1, -0.05) is 42.5 Å². The Morgan fingerprint density at radius 1 is 1.04 bits per heavy atom. The summed E-state index contributed by atoms with van der Waals surface area (Å²) in [6.45, 7) is 1.82. The van der Waals surface area contributed by atoms with Gasteiger partial charge in [0.15, 0.2) is 0 Å². The smallest absolute Gasteiger partial charge is 0.340 e. The highest BCUT2D eigenvalue weighted by atomic mass is 32.2. The quantitative estimate of drug-likeness (QED) is 0.736. The van der Waals surface area contributed by atoms with Crippen LogP contribution in [0.15, 0.2) is 59.5 Å². The van der Waals surface area contributed by atoms with Crippen LogP contribution in [0.1, 0.15) is 22.0 Å². The van der Waals surface area contributed by atoms with Gasteiger partial charge in [-0.2, -0.15) is 0 Å². The van der Waals surface area contributed by atoms with Crippen LogP contribution in [0.4, 0.5) is 0 Å². The molecule has 1 heterocycles. The number of esters is 1. The van der Waals surface area contributed by atoms with Crippen LogP contribution >= 0.6 is 0 Å². The Bertz CT molecular complexity index is 833. The van der Waals surface area contributed by atoms with Crippen LogP contribution < -0.4 is 0 Å². The van der Waals surface area contributed by atoms with Gasteiger partial charge >= 0.3 is 5.97 Å². The fourth-order valence-electron chi connectivity index (χ4n) is 2.89. The molecule has 6 nitrogen and oxygen atoms in total. The van der Waals surface area contributed by atoms with E-state index < -0.39 is 22.9 Å². The summed E-state index contributed by atoms with van der Waals surface area (Å²) in [6.07, 6.45) is 0.440. The van der Waals surface area contributed by atoms with E-state index in [1.165, 1.54) is 6.26 Å². The Morgan fingerprint density at radius 3 is 2.33 bits per heavy atom.